The molecule has 0 radical (unpaired) electrons. The molecule has 7 nitrogen and oxygen atoms in total. The van der Waals surface area contributed by atoms with E-state index in [4.69, 9.17) is 0 Å². The summed E-state index contributed by atoms with van der Waals surface area (Å²) in [7, 11) is -3.68. The normalized spacial score (nSPS) is 13.7. The van der Waals surface area contributed by atoms with Crippen molar-refractivity contribution in [3.8, 4) is 0 Å². The zero-order valence-corrected chi connectivity index (χ0v) is 16.0. The predicted octanol–water partition coefficient (Wildman–Crippen LogP) is 2.00. The lowest BCUT2D eigenvalue weighted by Crippen LogP contribution is -2.47. The highest BCUT2D eigenvalue weighted by Crippen LogP contribution is 2.29. The van der Waals surface area contributed by atoms with Gasteiger partial charge in [0, 0.05) is 0 Å². The van der Waals surface area contributed by atoms with E-state index in [1.54, 1.807) is 36.4 Å². The third kappa shape index (κ3) is 4.11. The molecule has 0 aliphatic carbocycles. The number of nitrogens with zero attached hydrogens (tertiary/aromatic N) is 2. The van der Waals surface area contributed by atoms with Crippen molar-refractivity contribution < 1.29 is 18.0 Å². The first kappa shape index (κ1) is 18.9. The maximum atomic E-state index is 12.9. The fourth-order valence-corrected chi connectivity index (χ4v) is 3.81. The fourth-order valence-electron chi connectivity index (χ4n) is 2.96. The summed E-state index contributed by atoms with van der Waals surface area (Å²) >= 11 is 0. The SMILES string of the molecule is CCc1ccc(N(CC(=O)N2CC(=O)Nc3ccccc32)S(C)(=O)=O)cc1. The van der Waals surface area contributed by atoms with E-state index < -0.39 is 15.9 Å². The highest BCUT2D eigenvalue weighted by molar-refractivity contribution is 7.92. The lowest BCUT2D eigenvalue weighted by atomic mass is 10.1. The van der Waals surface area contributed by atoms with Gasteiger partial charge in [-0.1, -0.05) is 31.2 Å². The summed E-state index contributed by atoms with van der Waals surface area (Å²) in [6.07, 6.45) is 1.89. The van der Waals surface area contributed by atoms with Gasteiger partial charge >= 0.3 is 0 Å². The molecule has 3 rings (SSSR count). The van der Waals surface area contributed by atoms with E-state index >= 15 is 0 Å². The molecule has 0 saturated heterocycles. The highest BCUT2D eigenvalue weighted by Gasteiger charge is 2.30. The average Bonchev–Trinajstić information content (AvgIpc) is 2.64. The lowest BCUT2D eigenvalue weighted by molar-refractivity contribution is -0.121. The number of hydrogen-bond acceptors (Lipinski definition) is 4. The van der Waals surface area contributed by atoms with Gasteiger partial charge in [0.1, 0.15) is 13.1 Å². The number of amides is 2. The molecular formula is C19H21N3O4S. The quantitative estimate of drug-likeness (QED) is 0.850. The molecule has 0 saturated carbocycles. The molecule has 27 heavy (non-hydrogen) atoms. The number of benzene rings is 2. The second-order valence-electron chi connectivity index (χ2n) is 6.33. The monoisotopic (exact) mass is 387 g/mol. The molecule has 142 valence electrons. The smallest absolute Gasteiger partial charge is 0.248 e. The zero-order chi connectivity index (χ0) is 19.6. The van der Waals surface area contributed by atoms with E-state index in [2.05, 4.69) is 5.32 Å². The summed E-state index contributed by atoms with van der Waals surface area (Å²) in [4.78, 5) is 26.1. The Morgan fingerprint density at radius 3 is 2.44 bits per heavy atom. The van der Waals surface area contributed by atoms with E-state index in [0.717, 1.165) is 22.5 Å². The lowest BCUT2D eigenvalue weighted by Gasteiger charge is -2.31. The van der Waals surface area contributed by atoms with Crippen LogP contribution in [0.4, 0.5) is 17.1 Å². The van der Waals surface area contributed by atoms with Crippen LogP contribution in [0.15, 0.2) is 48.5 Å². The molecule has 1 aliphatic rings. The Bertz CT molecular complexity index is 971. The van der Waals surface area contributed by atoms with E-state index in [0.29, 0.717) is 17.1 Å². The Morgan fingerprint density at radius 1 is 1.15 bits per heavy atom. The fraction of sp³-hybridized carbons (Fsp3) is 0.263. The van der Waals surface area contributed by atoms with Crippen molar-refractivity contribution >= 4 is 38.9 Å². The standard InChI is InChI=1S/C19H21N3O4S/c1-3-14-8-10-15(11-9-14)22(27(2,25)26)13-19(24)21-12-18(23)20-16-6-4-5-7-17(16)21/h4-11H,3,12-13H2,1-2H3,(H,20,23). The van der Waals surface area contributed by atoms with E-state index in [9.17, 15) is 18.0 Å². The third-order valence-corrected chi connectivity index (χ3v) is 5.52. The van der Waals surface area contributed by atoms with Gasteiger partial charge in [-0.05, 0) is 36.2 Å². The second kappa shape index (κ2) is 7.40. The van der Waals surface area contributed by atoms with Crippen molar-refractivity contribution in [1.29, 1.82) is 0 Å². The Kier molecular flexibility index (Phi) is 5.18. The van der Waals surface area contributed by atoms with Crippen LogP contribution in [-0.4, -0.2) is 39.6 Å². The number of carbonyl (C=O) groups excluding carboxylic acids is 2. The van der Waals surface area contributed by atoms with Crippen LogP contribution < -0.4 is 14.5 Å². The van der Waals surface area contributed by atoms with E-state index in [1.165, 1.54) is 4.90 Å². The number of fused-ring (bicyclic) bond motifs is 1. The average molecular weight is 387 g/mol. The molecule has 8 heteroatoms. The van der Waals surface area contributed by atoms with Crippen molar-refractivity contribution in [2.45, 2.75) is 13.3 Å². The number of rotatable bonds is 5. The molecule has 0 bridgehead atoms. The number of para-hydroxylation sites is 2. The molecule has 0 unspecified atom stereocenters. The number of nitrogens with one attached hydrogen (secondary N) is 1. The summed E-state index contributed by atoms with van der Waals surface area (Å²) in [5.41, 5.74) is 2.56. The Labute approximate surface area is 158 Å². The van der Waals surface area contributed by atoms with E-state index in [1.807, 2.05) is 19.1 Å². The first-order valence-corrected chi connectivity index (χ1v) is 10.4. The predicted molar refractivity (Wildman–Crippen MR) is 105 cm³/mol. The highest BCUT2D eigenvalue weighted by atomic mass is 32.2. The first-order valence-electron chi connectivity index (χ1n) is 8.55. The van der Waals surface area contributed by atoms with Gasteiger partial charge in [0.2, 0.25) is 21.8 Å². The van der Waals surface area contributed by atoms with Crippen molar-refractivity contribution in [1.82, 2.24) is 0 Å². The summed E-state index contributed by atoms with van der Waals surface area (Å²) in [6, 6.07) is 14.0. The molecule has 0 spiro atoms. The first-order chi connectivity index (χ1) is 12.8. The van der Waals surface area contributed by atoms with Crippen molar-refractivity contribution in [3.63, 3.8) is 0 Å². The second-order valence-corrected chi connectivity index (χ2v) is 8.24. The van der Waals surface area contributed by atoms with Crippen LogP contribution in [0.3, 0.4) is 0 Å². The Balaban J connectivity index is 1.90. The molecule has 0 aromatic heterocycles. The molecule has 2 aromatic carbocycles. The minimum absolute atomic E-state index is 0.151. The molecule has 2 aromatic rings. The molecule has 0 atom stereocenters. The van der Waals surface area contributed by atoms with Gasteiger partial charge in [0.15, 0.2) is 0 Å². The summed E-state index contributed by atoms with van der Waals surface area (Å²) in [5, 5.41) is 2.71. The summed E-state index contributed by atoms with van der Waals surface area (Å²) in [6.45, 7) is 1.47. The van der Waals surface area contributed by atoms with Gasteiger partial charge < -0.3 is 5.32 Å². The zero-order valence-electron chi connectivity index (χ0n) is 15.2. The number of anilines is 3. The van der Waals surface area contributed by atoms with Crippen LogP contribution in [0.5, 0.6) is 0 Å². The number of sulfonamides is 1. The van der Waals surface area contributed by atoms with Crippen LogP contribution in [0.2, 0.25) is 0 Å². The van der Waals surface area contributed by atoms with Gasteiger partial charge in [0.25, 0.3) is 0 Å². The Morgan fingerprint density at radius 2 is 1.81 bits per heavy atom. The molecule has 1 heterocycles. The number of carbonyl (C=O) groups is 2. The maximum absolute atomic E-state index is 12.9. The van der Waals surface area contributed by atoms with Gasteiger partial charge in [0.05, 0.1) is 23.3 Å². The molecule has 1 N–H and O–H groups in total. The summed E-state index contributed by atoms with van der Waals surface area (Å²) in [5.74, 6) is -0.789. The number of aryl methyl sites for hydroxylation is 1. The largest absolute Gasteiger partial charge is 0.323 e. The van der Waals surface area contributed by atoms with Gasteiger partial charge in [-0.15, -0.1) is 0 Å². The molecule has 1 aliphatic heterocycles. The van der Waals surface area contributed by atoms with Gasteiger partial charge in [-0.3, -0.25) is 18.8 Å². The number of hydrogen-bond donors (Lipinski definition) is 1. The van der Waals surface area contributed by atoms with Crippen LogP contribution in [0.1, 0.15) is 12.5 Å². The van der Waals surface area contributed by atoms with Crippen molar-refractivity contribution in [2.24, 2.45) is 0 Å². The summed E-state index contributed by atoms with van der Waals surface area (Å²) < 4.78 is 25.6. The molecule has 2 amide bonds. The van der Waals surface area contributed by atoms with Crippen LogP contribution in [0.25, 0.3) is 0 Å². The van der Waals surface area contributed by atoms with Gasteiger partial charge in [-0.2, -0.15) is 0 Å². The Hall–Kier alpha value is -2.87. The van der Waals surface area contributed by atoms with Crippen molar-refractivity contribution in [3.05, 3.63) is 54.1 Å². The van der Waals surface area contributed by atoms with Crippen molar-refractivity contribution in [2.75, 3.05) is 33.9 Å². The third-order valence-electron chi connectivity index (χ3n) is 4.38. The maximum Gasteiger partial charge on any atom is 0.248 e. The van der Waals surface area contributed by atoms with Crippen LogP contribution in [-0.2, 0) is 26.0 Å². The van der Waals surface area contributed by atoms with Crippen LogP contribution >= 0.6 is 0 Å². The van der Waals surface area contributed by atoms with Gasteiger partial charge in [-0.25, -0.2) is 8.42 Å². The van der Waals surface area contributed by atoms with Crippen LogP contribution in [0, 0.1) is 0 Å². The molecule has 0 fully saturated rings. The topological polar surface area (TPSA) is 86.8 Å². The minimum atomic E-state index is -3.68. The minimum Gasteiger partial charge on any atom is -0.323 e. The van der Waals surface area contributed by atoms with E-state index in [-0.39, 0.29) is 19.0 Å². The molecular weight excluding hydrogens is 366 g/mol.